The van der Waals surface area contributed by atoms with E-state index in [-0.39, 0.29) is 17.4 Å². The van der Waals surface area contributed by atoms with E-state index in [1.165, 1.54) is 5.56 Å². The summed E-state index contributed by atoms with van der Waals surface area (Å²) in [4.78, 5) is 12.7. The lowest BCUT2D eigenvalue weighted by molar-refractivity contribution is -0.136. The van der Waals surface area contributed by atoms with Crippen LogP contribution in [0.15, 0.2) is 30.3 Å². The molecule has 4 heteroatoms. The van der Waals surface area contributed by atoms with E-state index in [4.69, 9.17) is 10.5 Å². The van der Waals surface area contributed by atoms with E-state index in [1.807, 2.05) is 6.07 Å². The van der Waals surface area contributed by atoms with Gasteiger partial charge in [0.05, 0.1) is 5.41 Å². The van der Waals surface area contributed by atoms with Gasteiger partial charge in [-0.15, -0.1) is 0 Å². The van der Waals surface area contributed by atoms with Gasteiger partial charge in [0.2, 0.25) is 5.91 Å². The van der Waals surface area contributed by atoms with Crippen LogP contribution < -0.4 is 11.1 Å². The molecule has 0 radical (unpaired) electrons. The van der Waals surface area contributed by atoms with E-state index in [1.54, 1.807) is 0 Å². The van der Waals surface area contributed by atoms with Gasteiger partial charge in [0.25, 0.3) is 0 Å². The van der Waals surface area contributed by atoms with Gasteiger partial charge in [-0.1, -0.05) is 44.2 Å². The maximum atomic E-state index is 12.7. The van der Waals surface area contributed by atoms with Crippen molar-refractivity contribution in [3.05, 3.63) is 35.9 Å². The number of ether oxygens (including phenoxy) is 1. The van der Waals surface area contributed by atoms with Crippen molar-refractivity contribution in [3.63, 3.8) is 0 Å². The first-order valence-corrected chi connectivity index (χ1v) is 8.54. The summed E-state index contributed by atoms with van der Waals surface area (Å²) in [5, 5.41) is 3.19. The Morgan fingerprint density at radius 1 is 1.30 bits per heavy atom. The number of carbonyl (C=O) groups excluding carboxylic acids is 1. The van der Waals surface area contributed by atoms with Gasteiger partial charge >= 0.3 is 0 Å². The molecular weight excluding hydrogens is 288 g/mol. The van der Waals surface area contributed by atoms with Gasteiger partial charge in [-0.25, -0.2) is 0 Å². The molecular formula is C19H30N2O2. The van der Waals surface area contributed by atoms with Crippen LogP contribution in [0.4, 0.5) is 0 Å². The number of carbonyl (C=O) groups is 1. The Hall–Kier alpha value is -1.39. The molecule has 1 aliphatic heterocycles. The van der Waals surface area contributed by atoms with Crippen molar-refractivity contribution in [2.45, 2.75) is 51.5 Å². The first-order valence-electron chi connectivity index (χ1n) is 8.54. The zero-order valence-corrected chi connectivity index (χ0v) is 14.6. The number of amides is 1. The summed E-state index contributed by atoms with van der Waals surface area (Å²) in [6, 6.07) is 10.5. The highest BCUT2D eigenvalue weighted by atomic mass is 16.5. The van der Waals surface area contributed by atoms with Crippen molar-refractivity contribution < 1.29 is 9.53 Å². The fourth-order valence-corrected chi connectivity index (χ4v) is 3.49. The molecule has 1 atom stereocenters. The maximum absolute atomic E-state index is 12.7. The second-order valence-corrected chi connectivity index (χ2v) is 7.43. The predicted molar refractivity (Wildman–Crippen MR) is 93.2 cm³/mol. The third-order valence-electron chi connectivity index (χ3n) is 5.07. The van der Waals surface area contributed by atoms with Crippen LogP contribution in [0.1, 0.15) is 45.6 Å². The molecule has 1 heterocycles. The standard InChI is InChI=1S/C19H30N2O2/c1-15(13-18(2,3)16-7-5-4-6-8-16)21-17(22)19(14-20)9-11-23-12-10-19/h4-8,15H,9-14,20H2,1-3H3,(H,21,22). The molecule has 1 fully saturated rings. The Balaban J connectivity index is 1.98. The normalized spacial score (nSPS) is 19.1. The van der Waals surface area contributed by atoms with Crippen molar-refractivity contribution in [3.8, 4) is 0 Å². The molecule has 1 aromatic rings. The molecule has 1 saturated heterocycles. The molecule has 2 rings (SSSR count). The number of nitrogens with one attached hydrogen (secondary N) is 1. The monoisotopic (exact) mass is 318 g/mol. The minimum atomic E-state index is -0.455. The smallest absolute Gasteiger partial charge is 0.227 e. The third kappa shape index (κ3) is 4.33. The largest absolute Gasteiger partial charge is 0.381 e. The molecule has 0 aromatic heterocycles. The van der Waals surface area contributed by atoms with Crippen LogP contribution >= 0.6 is 0 Å². The molecule has 1 aromatic carbocycles. The van der Waals surface area contributed by atoms with Gasteiger partial charge in [-0.3, -0.25) is 4.79 Å². The summed E-state index contributed by atoms with van der Waals surface area (Å²) in [5.74, 6) is 0.0830. The number of hydrogen-bond acceptors (Lipinski definition) is 3. The first-order chi connectivity index (χ1) is 10.9. The molecule has 128 valence electrons. The van der Waals surface area contributed by atoms with Crippen LogP contribution in [-0.2, 0) is 14.9 Å². The summed E-state index contributed by atoms with van der Waals surface area (Å²) >= 11 is 0. The highest BCUT2D eigenvalue weighted by Gasteiger charge is 2.39. The van der Waals surface area contributed by atoms with Crippen molar-refractivity contribution in [1.82, 2.24) is 5.32 Å². The SMILES string of the molecule is CC(CC(C)(C)c1ccccc1)NC(=O)C1(CN)CCOCC1. The fourth-order valence-electron chi connectivity index (χ4n) is 3.49. The quantitative estimate of drug-likeness (QED) is 0.847. The number of nitrogens with two attached hydrogens (primary N) is 1. The number of benzene rings is 1. The Morgan fingerprint density at radius 2 is 1.91 bits per heavy atom. The van der Waals surface area contributed by atoms with E-state index in [2.05, 4.69) is 50.4 Å². The van der Waals surface area contributed by atoms with E-state index in [9.17, 15) is 4.79 Å². The van der Waals surface area contributed by atoms with Gasteiger partial charge in [-0.2, -0.15) is 0 Å². The lowest BCUT2D eigenvalue weighted by Crippen LogP contribution is -2.52. The molecule has 3 N–H and O–H groups in total. The lowest BCUT2D eigenvalue weighted by atomic mass is 9.77. The Kier molecular flexibility index (Phi) is 5.82. The number of rotatable bonds is 6. The molecule has 1 unspecified atom stereocenters. The van der Waals surface area contributed by atoms with Crippen molar-refractivity contribution in [2.75, 3.05) is 19.8 Å². The van der Waals surface area contributed by atoms with Crippen molar-refractivity contribution in [2.24, 2.45) is 11.1 Å². The first kappa shape index (κ1) is 18.0. The number of hydrogen-bond donors (Lipinski definition) is 2. The van der Waals surface area contributed by atoms with Gasteiger partial charge in [0.1, 0.15) is 0 Å². The van der Waals surface area contributed by atoms with Gasteiger partial charge in [0, 0.05) is 25.8 Å². The molecule has 0 aliphatic carbocycles. The second-order valence-electron chi connectivity index (χ2n) is 7.43. The Morgan fingerprint density at radius 3 is 2.48 bits per heavy atom. The highest BCUT2D eigenvalue weighted by Crippen LogP contribution is 2.31. The van der Waals surface area contributed by atoms with E-state index in [0.29, 0.717) is 32.6 Å². The fraction of sp³-hybridized carbons (Fsp3) is 0.632. The van der Waals surface area contributed by atoms with E-state index >= 15 is 0 Å². The molecule has 0 spiro atoms. The summed E-state index contributed by atoms with van der Waals surface area (Å²) in [6.07, 6.45) is 2.31. The average molecular weight is 318 g/mol. The Bertz CT molecular complexity index is 507. The molecule has 0 bridgehead atoms. The summed E-state index contributed by atoms with van der Waals surface area (Å²) < 4.78 is 5.38. The van der Waals surface area contributed by atoms with Gasteiger partial charge in [-0.05, 0) is 37.2 Å². The maximum Gasteiger partial charge on any atom is 0.227 e. The molecule has 4 nitrogen and oxygen atoms in total. The van der Waals surface area contributed by atoms with Crippen molar-refractivity contribution >= 4 is 5.91 Å². The topological polar surface area (TPSA) is 64.4 Å². The lowest BCUT2D eigenvalue weighted by Gasteiger charge is -2.36. The second kappa shape index (κ2) is 7.45. The Labute approximate surface area is 139 Å². The minimum Gasteiger partial charge on any atom is -0.381 e. The van der Waals surface area contributed by atoms with Gasteiger partial charge < -0.3 is 15.8 Å². The zero-order chi connectivity index (χ0) is 16.9. The predicted octanol–water partition coefficient (Wildman–Crippen LogP) is 2.61. The third-order valence-corrected chi connectivity index (χ3v) is 5.07. The molecule has 1 amide bonds. The van der Waals surface area contributed by atoms with E-state index in [0.717, 1.165) is 6.42 Å². The molecule has 0 saturated carbocycles. The van der Waals surface area contributed by atoms with Crippen LogP contribution in [0.5, 0.6) is 0 Å². The summed E-state index contributed by atoms with van der Waals surface area (Å²) in [6.45, 7) is 8.14. The molecule has 1 aliphatic rings. The van der Waals surface area contributed by atoms with Crippen LogP contribution in [0.25, 0.3) is 0 Å². The van der Waals surface area contributed by atoms with Gasteiger partial charge in [0.15, 0.2) is 0 Å². The van der Waals surface area contributed by atoms with Crippen LogP contribution in [0, 0.1) is 5.41 Å². The van der Waals surface area contributed by atoms with E-state index < -0.39 is 5.41 Å². The minimum absolute atomic E-state index is 0.0134. The van der Waals surface area contributed by atoms with Crippen LogP contribution in [0.3, 0.4) is 0 Å². The van der Waals surface area contributed by atoms with Crippen molar-refractivity contribution in [1.29, 1.82) is 0 Å². The summed E-state index contributed by atoms with van der Waals surface area (Å²) in [5.41, 5.74) is 6.77. The van der Waals surface area contributed by atoms with Crippen LogP contribution in [0.2, 0.25) is 0 Å². The molecule has 23 heavy (non-hydrogen) atoms. The average Bonchev–Trinajstić information content (AvgIpc) is 2.55. The highest BCUT2D eigenvalue weighted by molar-refractivity contribution is 5.83. The zero-order valence-electron chi connectivity index (χ0n) is 14.6. The summed E-state index contributed by atoms with van der Waals surface area (Å²) in [7, 11) is 0. The van der Waals surface area contributed by atoms with Crippen LogP contribution in [-0.4, -0.2) is 31.7 Å².